The van der Waals surface area contributed by atoms with E-state index in [9.17, 15) is 9.59 Å². The predicted molar refractivity (Wildman–Crippen MR) is 121 cm³/mol. The molecule has 176 valence electrons. The van der Waals surface area contributed by atoms with Crippen LogP contribution in [0.5, 0.6) is 0 Å². The molecule has 1 amide bonds. The van der Waals surface area contributed by atoms with Crippen LogP contribution in [0.25, 0.3) is 0 Å². The SMILES string of the molecule is CC(C)(C)OC(=O)ON1CCC2(CC1)CC(C(=O)NCc1ccc(C(C)(C)C)cc1)=NO2. The molecule has 1 aromatic carbocycles. The first-order valence-electron chi connectivity index (χ1n) is 11.1. The van der Waals surface area contributed by atoms with Crippen molar-refractivity contribution >= 4 is 17.8 Å². The topological polar surface area (TPSA) is 89.5 Å². The van der Waals surface area contributed by atoms with Gasteiger partial charge in [-0.2, -0.15) is 0 Å². The fourth-order valence-electron chi connectivity index (χ4n) is 3.68. The van der Waals surface area contributed by atoms with Crippen molar-refractivity contribution in [3.05, 3.63) is 35.4 Å². The molecule has 32 heavy (non-hydrogen) atoms. The zero-order chi connectivity index (χ0) is 23.6. The van der Waals surface area contributed by atoms with Crippen LogP contribution in [0.1, 0.15) is 71.9 Å². The molecule has 1 aromatic rings. The summed E-state index contributed by atoms with van der Waals surface area (Å²) in [5.74, 6) is -0.214. The molecule has 1 saturated heterocycles. The van der Waals surface area contributed by atoms with Crippen molar-refractivity contribution in [1.82, 2.24) is 10.4 Å². The second-order valence-corrected chi connectivity index (χ2v) is 10.6. The summed E-state index contributed by atoms with van der Waals surface area (Å²) in [5.41, 5.74) is 1.66. The summed E-state index contributed by atoms with van der Waals surface area (Å²) < 4.78 is 5.18. The van der Waals surface area contributed by atoms with Crippen molar-refractivity contribution < 1.29 is 24.0 Å². The molecule has 0 unspecified atom stereocenters. The number of hydrogen-bond donors (Lipinski definition) is 1. The van der Waals surface area contributed by atoms with Gasteiger partial charge in [-0.3, -0.25) is 4.79 Å². The lowest BCUT2D eigenvalue weighted by Crippen LogP contribution is -2.46. The number of hydroxylamine groups is 2. The highest BCUT2D eigenvalue weighted by molar-refractivity contribution is 6.39. The molecule has 8 heteroatoms. The van der Waals surface area contributed by atoms with Gasteiger partial charge in [-0.1, -0.05) is 50.2 Å². The van der Waals surface area contributed by atoms with Crippen molar-refractivity contribution in [2.24, 2.45) is 5.16 Å². The maximum absolute atomic E-state index is 12.6. The highest BCUT2D eigenvalue weighted by Gasteiger charge is 2.44. The molecule has 8 nitrogen and oxygen atoms in total. The molecule has 0 aromatic heterocycles. The number of hydrogen-bond acceptors (Lipinski definition) is 7. The second-order valence-electron chi connectivity index (χ2n) is 10.6. The highest BCUT2D eigenvalue weighted by atomic mass is 16.8. The predicted octanol–water partition coefficient (Wildman–Crippen LogP) is 4.08. The summed E-state index contributed by atoms with van der Waals surface area (Å²) in [6, 6.07) is 8.27. The third-order valence-electron chi connectivity index (χ3n) is 5.60. The van der Waals surface area contributed by atoms with Crippen molar-refractivity contribution in [2.75, 3.05) is 13.1 Å². The first kappa shape index (κ1) is 24.0. The molecule has 2 aliphatic rings. The Labute approximate surface area is 190 Å². The molecule has 1 fully saturated rings. The Balaban J connectivity index is 1.44. The van der Waals surface area contributed by atoms with E-state index in [1.54, 1.807) is 25.8 Å². The number of carbonyl (C=O) groups excluding carboxylic acids is 2. The van der Waals surface area contributed by atoms with Gasteiger partial charge in [0.25, 0.3) is 5.91 Å². The van der Waals surface area contributed by atoms with Crippen molar-refractivity contribution in [3.63, 3.8) is 0 Å². The van der Waals surface area contributed by atoms with Crippen LogP contribution in [-0.4, -0.2) is 47.1 Å². The number of nitrogens with zero attached hydrogens (tertiary/aromatic N) is 2. The van der Waals surface area contributed by atoms with E-state index in [4.69, 9.17) is 14.4 Å². The standard InChI is InChI=1S/C24H35N3O5/c1-22(2,3)18-9-7-17(8-10-18)16-25-20(28)19-15-24(32-26-19)11-13-27(14-12-24)31-21(29)30-23(4,5)6/h7-10H,11-16H2,1-6H3,(H,25,28). The smallest absolute Gasteiger partial charge is 0.427 e. The first-order chi connectivity index (χ1) is 14.9. The van der Waals surface area contributed by atoms with Gasteiger partial charge in [-0.15, -0.1) is 5.06 Å². The van der Waals surface area contributed by atoms with E-state index in [-0.39, 0.29) is 11.3 Å². The largest absolute Gasteiger partial charge is 0.528 e. The second kappa shape index (κ2) is 9.10. The number of amides is 1. The fourth-order valence-corrected chi connectivity index (χ4v) is 3.68. The van der Waals surface area contributed by atoms with Crippen molar-refractivity contribution in [2.45, 2.75) is 84.0 Å². The minimum atomic E-state index is -0.715. The van der Waals surface area contributed by atoms with Crippen LogP contribution in [0, 0.1) is 0 Å². The van der Waals surface area contributed by atoms with Crippen molar-refractivity contribution in [3.8, 4) is 0 Å². The highest BCUT2D eigenvalue weighted by Crippen LogP contribution is 2.35. The van der Waals surface area contributed by atoms with Gasteiger partial charge in [0, 0.05) is 38.9 Å². The van der Waals surface area contributed by atoms with Crippen LogP contribution in [0.4, 0.5) is 4.79 Å². The van der Waals surface area contributed by atoms with E-state index >= 15 is 0 Å². The monoisotopic (exact) mass is 445 g/mol. The van der Waals surface area contributed by atoms with Crippen molar-refractivity contribution in [1.29, 1.82) is 0 Å². The maximum Gasteiger partial charge on any atom is 0.528 e. The quantitative estimate of drug-likeness (QED) is 0.703. The number of piperidine rings is 1. The van der Waals surface area contributed by atoms with Gasteiger partial charge >= 0.3 is 6.16 Å². The molecular formula is C24H35N3O5. The molecular weight excluding hydrogens is 410 g/mol. The minimum absolute atomic E-state index is 0.0968. The zero-order valence-electron chi connectivity index (χ0n) is 20.0. The fraction of sp³-hybridized carbons (Fsp3) is 0.625. The van der Waals surface area contributed by atoms with E-state index in [1.165, 1.54) is 5.56 Å². The minimum Gasteiger partial charge on any atom is -0.427 e. The van der Waals surface area contributed by atoms with Crippen LogP contribution in [0.3, 0.4) is 0 Å². The molecule has 2 aliphatic heterocycles. The molecule has 0 atom stereocenters. The first-order valence-corrected chi connectivity index (χ1v) is 11.1. The number of nitrogens with one attached hydrogen (secondary N) is 1. The van der Waals surface area contributed by atoms with E-state index in [0.717, 1.165) is 5.56 Å². The normalized spacial score (nSPS) is 18.6. The molecule has 1 spiro atoms. The van der Waals surface area contributed by atoms with E-state index in [1.807, 2.05) is 12.1 Å². The van der Waals surface area contributed by atoms with Gasteiger partial charge in [-0.25, -0.2) is 4.79 Å². The third-order valence-corrected chi connectivity index (χ3v) is 5.60. The average Bonchev–Trinajstić information content (AvgIpc) is 3.10. The van der Waals surface area contributed by atoms with Crippen LogP contribution in [-0.2, 0) is 31.2 Å². The van der Waals surface area contributed by atoms with Crippen LogP contribution < -0.4 is 5.32 Å². The average molecular weight is 446 g/mol. The Morgan fingerprint density at radius 1 is 1.09 bits per heavy atom. The summed E-state index contributed by atoms with van der Waals surface area (Å²) >= 11 is 0. The Morgan fingerprint density at radius 2 is 1.72 bits per heavy atom. The summed E-state index contributed by atoms with van der Waals surface area (Å²) in [6.45, 7) is 13.3. The lowest BCUT2D eigenvalue weighted by molar-refractivity contribution is -0.180. The molecule has 3 rings (SSSR count). The summed E-state index contributed by atoms with van der Waals surface area (Å²) in [4.78, 5) is 35.4. The van der Waals surface area contributed by atoms with Crippen LogP contribution in [0.15, 0.2) is 29.4 Å². The summed E-state index contributed by atoms with van der Waals surface area (Å²) in [7, 11) is 0. The summed E-state index contributed by atoms with van der Waals surface area (Å²) in [5, 5.41) is 8.56. The van der Waals surface area contributed by atoms with E-state index in [2.05, 4.69) is 43.4 Å². The summed E-state index contributed by atoms with van der Waals surface area (Å²) in [6.07, 6.45) is 0.934. The molecule has 1 N–H and O–H groups in total. The Hall–Kier alpha value is -2.61. The zero-order valence-corrected chi connectivity index (χ0v) is 20.0. The van der Waals surface area contributed by atoms with Crippen LogP contribution in [0.2, 0.25) is 0 Å². The molecule has 2 heterocycles. The molecule has 0 radical (unpaired) electrons. The Bertz CT molecular complexity index is 857. The van der Waals surface area contributed by atoms with Gasteiger partial charge in [0.1, 0.15) is 16.9 Å². The lowest BCUT2D eigenvalue weighted by atomic mass is 9.86. The van der Waals surface area contributed by atoms with Gasteiger partial charge in [-0.05, 0) is 37.3 Å². The third kappa shape index (κ3) is 6.45. The number of rotatable bonds is 4. The van der Waals surface area contributed by atoms with Crippen LogP contribution >= 0.6 is 0 Å². The number of carbonyl (C=O) groups is 2. The maximum atomic E-state index is 12.6. The number of oxime groups is 1. The van der Waals surface area contributed by atoms with Gasteiger partial charge < -0.3 is 19.7 Å². The molecule has 0 bridgehead atoms. The molecule has 0 aliphatic carbocycles. The Morgan fingerprint density at radius 3 is 2.28 bits per heavy atom. The molecule has 0 saturated carbocycles. The number of benzene rings is 1. The van der Waals surface area contributed by atoms with E-state index in [0.29, 0.717) is 44.6 Å². The Kier molecular flexibility index (Phi) is 6.83. The van der Waals surface area contributed by atoms with Gasteiger partial charge in [0.05, 0.1) is 0 Å². The van der Waals surface area contributed by atoms with Gasteiger partial charge in [0.15, 0.2) is 0 Å². The lowest BCUT2D eigenvalue weighted by Gasteiger charge is -2.35. The van der Waals surface area contributed by atoms with Gasteiger partial charge in [0.2, 0.25) is 0 Å². The number of ether oxygens (including phenoxy) is 1. The van der Waals surface area contributed by atoms with E-state index < -0.39 is 17.4 Å².